The van der Waals surface area contributed by atoms with E-state index >= 15 is 0 Å². The maximum absolute atomic E-state index is 10.5. The van der Waals surface area contributed by atoms with Gasteiger partial charge < -0.3 is 14.8 Å². The molecule has 0 aliphatic rings. The third-order valence-corrected chi connectivity index (χ3v) is 2.55. The molecular formula is C12H18N2O4. The molecule has 0 bridgehead atoms. The summed E-state index contributed by atoms with van der Waals surface area (Å²) < 4.78 is 10.1. The van der Waals surface area contributed by atoms with Crippen LogP contribution in [0.3, 0.4) is 0 Å². The SMILES string of the molecule is COC(CCCNc1ccc([N+](=O)[O-])cc1)OC. The van der Waals surface area contributed by atoms with E-state index in [0.717, 1.165) is 25.1 Å². The molecule has 0 spiro atoms. The van der Waals surface area contributed by atoms with Gasteiger partial charge in [0.05, 0.1) is 4.92 Å². The Balaban J connectivity index is 2.29. The van der Waals surface area contributed by atoms with E-state index in [1.807, 2.05) is 0 Å². The molecule has 6 heteroatoms. The fraction of sp³-hybridized carbons (Fsp3) is 0.500. The Morgan fingerprint density at radius 3 is 2.39 bits per heavy atom. The molecule has 1 rings (SSSR count). The number of nitrogens with zero attached hydrogens (tertiary/aromatic N) is 1. The summed E-state index contributed by atoms with van der Waals surface area (Å²) in [7, 11) is 3.22. The molecule has 1 N–H and O–H groups in total. The Hall–Kier alpha value is -1.66. The lowest BCUT2D eigenvalue weighted by Crippen LogP contribution is -2.14. The topological polar surface area (TPSA) is 73.6 Å². The van der Waals surface area contributed by atoms with Gasteiger partial charge in [0.1, 0.15) is 0 Å². The molecule has 0 radical (unpaired) electrons. The van der Waals surface area contributed by atoms with Crippen LogP contribution in [0.5, 0.6) is 0 Å². The van der Waals surface area contributed by atoms with Crippen molar-refractivity contribution in [2.45, 2.75) is 19.1 Å². The van der Waals surface area contributed by atoms with E-state index in [4.69, 9.17) is 9.47 Å². The van der Waals surface area contributed by atoms with Crippen molar-refractivity contribution >= 4 is 11.4 Å². The second-order valence-electron chi connectivity index (χ2n) is 3.77. The standard InChI is InChI=1S/C12H18N2O4/c1-17-12(18-2)4-3-9-13-10-5-7-11(8-6-10)14(15)16/h5-8,12-13H,3-4,9H2,1-2H3. The summed E-state index contributed by atoms with van der Waals surface area (Å²) in [5.41, 5.74) is 0.964. The van der Waals surface area contributed by atoms with Gasteiger partial charge in [0.25, 0.3) is 5.69 Å². The van der Waals surface area contributed by atoms with Crippen LogP contribution < -0.4 is 5.32 Å². The average molecular weight is 254 g/mol. The number of ether oxygens (including phenoxy) is 2. The number of rotatable bonds is 8. The predicted molar refractivity (Wildman–Crippen MR) is 68.6 cm³/mol. The number of nitro groups is 1. The monoisotopic (exact) mass is 254 g/mol. The lowest BCUT2D eigenvalue weighted by molar-refractivity contribution is -0.384. The quantitative estimate of drug-likeness (QED) is 0.334. The van der Waals surface area contributed by atoms with Gasteiger partial charge >= 0.3 is 0 Å². The smallest absolute Gasteiger partial charge is 0.269 e. The van der Waals surface area contributed by atoms with Gasteiger partial charge in [-0.2, -0.15) is 0 Å². The first kappa shape index (κ1) is 14.4. The van der Waals surface area contributed by atoms with Crippen molar-refractivity contribution in [2.75, 3.05) is 26.1 Å². The van der Waals surface area contributed by atoms with Crippen molar-refractivity contribution in [1.82, 2.24) is 0 Å². The number of non-ortho nitro benzene ring substituents is 1. The molecule has 18 heavy (non-hydrogen) atoms. The highest BCUT2D eigenvalue weighted by Crippen LogP contribution is 2.15. The van der Waals surface area contributed by atoms with Crippen LogP contribution in [0, 0.1) is 10.1 Å². The number of hydrogen-bond donors (Lipinski definition) is 1. The van der Waals surface area contributed by atoms with Crippen molar-refractivity contribution in [2.24, 2.45) is 0 Å². The molecule has 0 amide bonds. The van der Waals surface area contributed by atoms with E-state index in [9.17, 15) is 10.1 Å². The normalized spacial score (nSPS) is 10.6. The first-order valence-corrected chi connectivity index (χ1v) is 5.71. The van der Waals surface area contributed by atoms with Gasteiger partial charge in [-0.05, 0) is 25.0 Å². The Morgan fingerprint density at radius 2 is 1.89 bits per heavy atom. The third-order valence-electron chi connectivity index (χ3n) is 2.55. The van der Waals surface area contributed by atoms with Gasteiger partial charge in [0.15, 0.2) is 6.29 Å². The molecule has 0 aromatic heterocycles. The minimum Gasteiger partial charge on any atom is -0.385 e. The fourth-order valence-corrected chi connectivity index (χ4v) is 1.53. The minimum atomic E-state index is -0.411. The summed E-state index contributed by atoms with van der Waals surface area (Å²) >= 11 is 0. The highest BCUT2D eigenvalue weighted by atomic mass is 16.7. The maximum atomic E-state index is 10.5. The molecule has 100 valence electrons. The Bertz CT molecular complexity index is 363. The zero-order chi connectivity index (χ0) is 13.4. The molecular weight excluding hydrogens is 236 g/mol. The van der Waals surface area contributed by atoms with Crippen molar-refractivity contribution in [1.29, 1.82) is 0 Å². The molecule has 0 heterocycles. The summed E-state index contributed by atoms with van der Waals surface area (Å²) in [6.45, 7) is 0.765. The van der Waals surface area contributed by atoms with Crippen LogP contribution in [0.15, 0.2) is 24.3 Å². The Kier molecular flexibility index (Phi) is 6.10. The summed E-state index contributed by atoms with van der Waals surface area (Å²) in [5.74, 6) is 0. The van der Waals surface area contributed by atoms with E-state index in [1.165, 1.54) is 12.1 Å². The Labute approximate surface area is 106 Å². The molecule has 0 saturated heterocycles. The minimum absolute atomic E-state index is 0.0966. The lowest BCUT2D eigenvalue weighted by Gasteiger charge is -2.13. The summed E-state index contributed by atoms with van der Waals surface area (Å²) in [6, 6.07) is 6.36. The molecule has 6 nitrogen and oxygen atoms in total. The number of methoxy groups -OCH3 is 2. The van der Waals surface area contributed by atoms with Crippen LogP contribution in [0.4, 0.5) is 11.4 Å². The second-order valence-corrected chi connectivity index (χ2v) is 3.77. The summed E-state index contributed by atoms with van der Waals surface area (Å²) in [4.78, 5) is 10.1. The molecule has 1 aromatic rings. The van der Waals surface area contributed by atoms with Crippen molar-refractivity contribution in [3.05, 3.63) is 34.4 Å². The lowest BCUT2D eigenvalue weighted by atomic mass is 10.2. The number of anilines is 1. The van der Waals surface area contributed by atoms with Gasteiger partial charge in [-0.3, -0.25) is 10.1 Å². The van der Waals surface area contributed by atoms with Gasteiger partial charge in [0.2, 0.25) is 0 Å². The zero-order valence-corrected chi connectivity index (χ0v) is 10.6. The second kappa shape index (κ2) is 7.62. The van der Waals surface area contributed by atoms with Crippen LogP contribution in [0.2, 0.25) is 0 Å². The molecule has 0 atom stereocenters. The van der Waals surface area contributed by atoms with E-state index in [1.54, 1.807) is 26.4 Å². The first-order valence-electron chi connectivity index (χ1n) is 5.71. The number of nitrogens with one attached hydrogen (secondary N) is 1. The predicted octanol–water partition coefficient (Wildman–Crippen LogP) is 2.41. The van der Waals surface area contributed by atoms with Gasteiger partial charge in [-0.25, -0.2) is 0 Å². The zero-order valence-electron chi connectivity index (χ0n) is 10.6. The van der Waals surface area contributed by atoms with Crippen LogP contribution in [-0.4, -0.2) is 32.0 Å². The molecule has 1 aromatic carbocycles. The van der Waals surface area contributed by atoms with Crippen LogP contribution in [0.1, 0.15) is 12.8 Å². The van der Waals surface area contributed by atoms with Gasteiger partial charge in [0, 0.05) is 38.6 Å². The van der Waals surface area contributed by atoms with Crippen molar-refractivity contribution in [3.8, 4) is 0 Å². The number of hydrogen-bond acceptors (Lipinski definition) is 5. The van der Waals surface area contributed by atoms with Crippen LogP contribution in [-0.2, 0) is 9.47 Å². The maximum Gasteiger partial charge on any atom is 0.269 e. The summed E-state index contributed by atoms with van der Waals surface area (Å²) in [6.07, 6.45) is 1.51. The van der Waals surface area contributed by atoms with E-state index in [-0.39, 0.29) is 12.0 Å². The summed E-state index contributed by atoms with van der Waals surface area (Å²) in [5, 5.41) is 13.7. The van der Waals surface area contributed by atoms with Crippen molar-refractivity contribution in [3.63, 3.8) is 0 Å². The molecule has 0 aliphatic carbocycles. The third kappa shape index (κ3) is 4.68. The van der Waals surface area contributed by atoms with Crippen LogP contribution in [0.25, 0.3) is 0 Å². The highest BCUT2D eigenvalue weighted by Gasteiger charge is 2.05. The number of benzene rings is 1. The molecule has 0 aliphatic heterocycles. The fourth-order valence-electron chi connectivity index (χ4n) is 1.53. The largest absolute Gasteiger partial charge is 0.385 e. The van der Waals surface area contributed by atoms with E-state index < -0.39 is 4.92 Å². The Morgan fingerprint density at radius 1 is 1.28 bits per heavy atom. The molecule has 0 saturated carbocycles. The van der Waals surface area contributed by atoms with Crippen molar-refractivity contribution < 1.29 is 14.4 Å². The van der Waals surface area contributed by atoms with Gasteiger partial charge in [-0.15, -0.1) is 0 Å². The van der Waals surface area contributed by atoms with Crippen LogP contribution >= 0.6 is 0 Å². The van der Waals surface area contributed by atoms with E-state index in [0.29, 0.717) is 0 Å². The number of nitro benzene ring substituents is 1. The van der Waals surface area contributed by atoms with Gasteiger partial charge in [-0.1, -0.05) is 0 Å². The first-order chi connectivity index (χ1) is 8.67. The molecule has 0 fully saturated rings. The van der Waals surface area contributed by atoms with E-state index in [2.05, 4.69) is 5.32 Å². The molecule has 0 unspecified atom stereocenters. The highest BCUT2D eigenvalue weighted by molar-refractivity contribution is 5.48. The average Bonchev–Trinajstić information content (AvgIpc) is 2.39.